The summed E-state index contributed by atoms with van der Waals surface area (Å²) in [6, 6.07) is 0.945. The molecule has 2 aliphatic carbocycles. The number of hydrogen-bond acceptors (Lipinski definition) is 1. The molecule has 0 aliphatic heterocycles. The van der Waals surface area contributed by atoms with Crippen LogP contribution in [0.15, 0.2) is 0 Å². The van der Waals surface area contributed by atoms with Gasteiger partial charge in [-0.3, -0.25) is 0 Å². The maximum atomic E-state index is 2.63. The molecule has 0 N–H and O–H groups in total. The predicted molar refractivity (Wildman–Crippen MR) is 52.2 cm³/mol. The van der Waals surface area contributed by atoms with E-state index in [9.17, 15) is 0 Å². The molecule has 0 aromatic rings. The Hall–Kier alpha value is -0.0400. The summed E-state index contributed by atoms with van der Waals surface area (Å²) in [6.45, 7) is 7.07. The Morgan fingerprint density at radius 2 is 1.75 bits per heavy atom. The molecule has 0 heterocycles. The van der Waals surface area contributed by atoms with E-state index in [4.69, 9.17) is 0 Å². The minimum atomic E-state index is 0.854. The highest BCUT2D eigenvalue weighted by atomic mass is 15.2. The Kier molecular flexibility index (Phi) is 2.16. The second kappa shape index (κ2) is 3.02. The molecule has 2 fully saturated rings. The Bertz CT molecular complexity index is 148. The van der Waals surface area contributed by atoms with E-state index in [0.717, 1.165) is 11.5 Å². The topological polar surface area (TPSA) is 3.24 Å². The van der Waals surface area contributed by atoms with Gasteiger partial charge in [0.2, 0.25) is 0 Å². The summed E-state index contributed by atoms with van der Waals surface area (Å²) >= 11 is 0. The van der Waals surface area contributed by atoms with Gasteiger partial charge in [0.1, 0.15) is 0 Å². The van der Waals surface area contributed by atoms with Gasteiger partial charge in [-0.15, -0.1) is 0 Å². The second-order valence-corrected chi connectivity index (χ2v) is 4.64. The van der Waals surface area contributed by atoms with Gasteiger partial charge in [0.25, 0.3) is 0 Å². The first-order valence-corrected chi connectivity index (χ1v) is 5.54. The largest absolute Gasteiger partial charge is 0.301 e. The molecule has 0 saturated heterocycles. The summed E-state index contributed by atoms with van der Waals surface area (Å²) in [5, 5.41) is 0. The van der Waals surface area contributed by atoms with Crippen molar-refractivity contribution in [2.24, 2.45) is 5.41 Å². The number of hydrogen-bond donors (Lipinski definition) is 0. The van der Waals surface area contributed by atoms with Gasteiger partial charge in [0, 0.05) is 6.04 Å². The Balaban J connectivity index is 1.79. The first kappa shape index (κ1) is 8.55. The quantitative estimate of drug-likeness (QED) is 0.624. The normalized spacial score (nSPS) is 27.2. The van der Waals surface area contributed by atoms with Crippen molar-refractivity contribution in [3.63, 3.8) is 0 Å². The molecule has 1 nitrogen and oxygen atoms in total. The Morgan fingerprint density at radius 1 is 1.17 bits per heavy atom. The number of nitrogens with zero attached hydrogens (tertiary/aromatic N) is 1. The van der Waals surface area contributed by atoms with E-state index in [2.05, 4.69) is 18.7 Å². The maximum absolute atomic E-state index is 2.63. The lowest BCUT2D eigenvalue weighted by atomic mass is 9.54. The van der Waals surface area contributed by atoms with Crippen molar-refractivity contribution < 1.29 is 0 Å². The average molecular weight is 167 g/mol. The van der Waals surface area contributed by atoms with Crippen LogP contribution in [0.4, 0.5) is 0 Å². The van der Waals surface area contributed by atoms with E-state index in [1.807, 2.05) is 0 Å². The molecule has 0 aromatic heterocycles. The van der Waals surface area contributed by atoms with Gasteiger partial charge in [-0.05, 0) is 44.2 Å². The maximum Gasteiger partial charge on any atom is 0.0106 e. The summed E-state index contributed by atoms with van der Waals surface area (Å²) in [4.78, 5) is 2.63. The highest BCUT2D eigenvalue weighted by Gasteiger charge is 2.49. The number of rotatable bonds is 3. The molecular weight excluding hydrogens is 146 g/mol. The highest BCUT2D eigenvalue weighted by Crippen LogP contribution is 2.57. The average Bonchev–Trinajstić information content (AvgIpc) is 1.91. The molecule has 0 atom stereocenters. The fourth-order valence-corrected chi connectivity index (χ4v) is 3.02. The highest BCUT2D eigenvalue weighted by molar-refractivity contribution is 5.02. The molecule has 0 bridgehead atoms. The molecule has 2 rings (SSSR count). The zero-order valence-electron chi connectivity index (χ0n) is 8.47. The van der Waals surface area contributed by atoms with Crippen LogP contribution in [-0.4, -0.2) is 24.0 Å². The first-order valence-electron chi connectivity index (χ1n) is 5.54. The summed E-state index contributed by atoms with van der Waals surface area (Å²) in [5.41, 5.74) is 0.854. The second-order valence-electron chi connectivity index (χ2n) is 4.64. The first-order chi connectivity index (χ1) is 5.79. The van der Waals surface area contributed by atoms with Gasteiger partial charge in [0.15, 0.2) is 0 Å². The molecule has 0 radical (unpaired) electrons. The van der Waals surface area contributed by atoms with Crippen LogP contribution in [0.2, 0.25) is 0 Å². The van der Waals surface area contributed by atoms with Crippen LogP contribution in [0.25, 0.3) is 0 Å². The SMILES string of the molecule is CCN(CC)C1CC2(CCC2)C1. The lowest BCUT2D eigenvalue weighted by molar-refractivity contribution is -0.0516. The van der Waals surface area contributed by atoms with Gasteiger partial charge < -0.3 is 4.90 Å². The van der Waals surface area contributed by atoms with Crippen molar-refractivity contribution >= 4 is 0 Å². The van der Waals surface area contributed by atoms with E-state index >= 15 is 0 Å². The molecule has 0 unspecified atom stereocenters. The third-order valence-electron chi connectivity index (χ3n) is 4.08. The van der Waals surface area contributed by atoms with Crippen LogP contribution >= 0.6 is 0 Å². The molecule has 0 amide bonds. The minimum Gasteiger partial charge on any atom is -0.301 e. The molecule has 1 heteroatoms. The summed E-state index contributed by atoms with van der Waals surface area (Å²) in [6.07, 6.45) is 7.59. The van der Waals surface area contributed by atoms with Crippen LogP contribution in [0.3, 0.4) is 0 Å². The van der Waals surface area contributed by atoms with E-state index in [0.29, 0.717) is 0 Å². The fourth-order valence-electron chi connectivity index (χ4n) is 3.02. The van der Waals surface area contributed by atoms with E-state index < -0.39 is 0 Å². The predicted octanol–water partition coefficient (Wildman–Crippen LogP) is 2.66. The summed E-state index contributed by atoms with van der Waals surface area (Å²) in [5.74, 6) is 0. The van der Waals surface area contributed by atoms with Crippen molar-refractivity contribution in [3.05, 3.63) is 0 Å². The lowest BCUT2D eigenvalue weighted by Gasteiger charge is -2.57. The molecular formula is C11H21N. The third kappa shape index (κ3) is 1.19. The van der Waals surface area contributed by atoms with Crippen LogP contribution in [0, 0.1) is 5.41 Å². The summed E-state index contributed by atoms with van der Waals surface area (Å²) < 4.78 is 0. The molecule has 2 aliphatic rings. The van der Waals surface area contributed by atoms with Gasteiger partial charge in [0.05, 0.1) is 0 Å². The van der Waals surface area contributed by atoms with E-state index in [1.165, 1.54) is 45.2 Å². The van der Waals surface area contributed by atoms with Gasteiger partial charge in [-0.25, -0.2) is 0 Å². The summed E-state index contributed by atoms with van der Waals surface area (Å²) in [7, 11) is 0. The van der Waals surface area contributed by atoms with Gasteiger partial charge in [-0.2, -0.15) is 0 Å². The van der Waals surface area contributed by atoms with Crippen LogP contribution in [0.5, 0.6) is 0 Å². The van der Waals surface area contributed by atoms with E-state index in [1.54, 1.807) is 0 Å². The molecule has 70 valence electrons. The van der Waals surface area contributed by atoms with Crippen molar-refractivity contribution in [3.8, 4) is 0 Å². The molecule has 12 heavy (non-hydrogen) atoms. The van der Waals surface area contributed by atoms with Crippen molar-refractivity contribution in [2.75, 3.05) is 13.1 Å². The minimum absolute atomic E-state index is 0.854. The van der Waals surface area contributed by atoms with Crippen molar-refractivity contribution in [1.29, 1.82) is 0 Å². The molecule has 1 spiro atoms. The van der Waals surface area contributed by atoms with Gasteiger partial charge >= 0.3 is 0 Å². The van der Waals surface area contributed by atoms with Crippen molar-refractivity contribution in [1.82, 2.24) is 4.90 Å². The standard InChI is InChI=1S/C11H21N/c1-3-12(4-2)10-8-11(9-10)6-5-7-11/h10H,3-9H2,1-2H3. The van der Waals surface area contributed by atoms with Crippen LogP contribution in [-0.2, 0) is 0 Å². The Morgan fingerprint density at radius 3 is 2.08 bits per heavy atom. The zero-order valence-corrected chi connectivity index (χ0v) is 8.47. The Labute approximate surface area is 76.1 Å². The van der Waals surface area contributed by atoms with Crippen LogP contribution in [0.1, 0.15) is 46.0 Å². The zero-order chi connectivity index (χ0) is 8.60. The third-order valence-corrected chi connectivity index (χ3v) is 4.08. The molecule has 2 saturated carbocycles. The van der Waals surface area contributed by atoms with Crippen LogP contribution < -0.4 is 0 Å². The van der Waals surface area contributed by atoms with Gasteiger partial charge in [-0.1, -0.05) is 20.3 Å². The smallest absolute Gasteiger partial charge is 0.0106 e. The van der Waals surface area contributed by atoms with E-state index in [-0.39, 0.29) is 0 Å². The van der Waals surface area contributed by atoms with Crippen molar-refractivity contribution in [2.45, 2.75) is 52.0 Å². The molecule has 0 aromatic carbocycles. The monoisotopic (exact) mass is 167 g/mol. The lowest BCUT2D eigenvalue weighted by Crippen LogP contribution is -2.53. The fraction of sp³-hybridized carbons (Fsp3) is 1.00.